The average molecular weight is 199 g/mol. The molecular formula is C9H13NO4. The van der Waals surface area contributed by atoms with Gasteiger partial charge in [0.05, 0.1) is 18.2 Å². The Morgan fingerprint density at radius 1 is 1.21 bits per heavy atom. The summed E-state index contributed by atoms with van der Waals surface area (Å²) >= 11 is 0. The number of benzene rings is 1. The van der Waals surface area contributed by atoms with E-state index in [9.17, 15) is 10.2 Å². The normalized spacial score (nSPS) is 12.7. The Balaban J connectivity index is 3.19. The summed E-state index contributed by atoms with van der Waals surface area (Å²) in [5.41, 5.74) is 0.174. The van der Waals surface area contributed by atoms with Crippen LogP contribution >= 0.6 is 0 Å². The zero-order valence-corrected chi connectivity index (χ0v) is 7.73. The largest absolute Gasteiger partial charge is 0.508 e. The van der Waals surface area contributed by atoms with Gasteiger partial charge in [-0.1, -0.05) is 0 Å². The molecule has 0 aliphatic carbocycles. The van der Waals surface area contributed by atoms with Crippen molar-refractivity contribution in [2.45, 2.75) is 6.04 Å². The first-order chi connectivity index (χ1) is 6.60. The quantitative estimate of drug-likeness (QED) is 0.474. The number of aliphatic hydroxyl groups excluding tert-OH is 1. The molecule has 0 spiro atoms. The number of hydrogen-bond acceptors (Lipinski definition) is 5. The van der Waals surface area contributed by atoms with Crippen molar-refractivity contribution in [3.8, 4) is 17.2 Å². The third kappa shape index (κ3) is 1.89. The second-order valence-electron chi connectivity index (χ2n) is 2.92. The van der Waals surface area contributed by atoms with Crippen molar-refractivity contribution >= 4 is 0 Å². The first kappa shape index (κ1) is 10.6. The molecule has 14 heavy (non-hydrogen) atoms. The molecule has 0 saturated carbocycles. The first-order valence-electron chi connectivity index (χ1n) is 4.13. The number of rotatable bonds is 3. The fraction of sp³-hybridized carbons (Fsp3) is 0.333. The van der Waals surface area contributed by atoms with Gasteiger partial charge in [0.25, 0.3) is 0 Å². The van der Waals surface area contributed by atoms with Gasteiger partial charge in [-0.25, -0.2) is 0 Å². The molecule has 0 amide bonds. The van der Waals surface area contributed by atoms with Gasteiger partial charge in [0.15, 0.2) is 0 Å². The molecule has 0 heterocycles. The second-order valence-corrected chi connectivity index (χ2v) is 2.92. The maximum atomic E-state index is 9.43. The minimum Gasteiger partial charge on any atom is -0.508 e. The number of aromatic hydroxyl groups is 3. The number of nitrogens with one attached hydrogen (secondary N) is 1. The van der Waals surface area contributed by atoms with Gasteiger partial charge in [-0.15, -0.1) is 0 Å². The van der Waals surface area contributed by atoms with Gasteiger partial charge in [0, 0.05) is 12.1 Å². The number of likely N-dealkylation sites (N-methyl/N-ethyl adjacent to an activating group) is 1. The van der Waals surface area contributed by atoms with Crippen LogP contribution in [0.2, 0.25) is 0 Å². The van der Waals surface area contributed by atoms with Crippen molar-refractivity contribution in [2.24, 2.45) is 0 Å². The van der Waals surface area contributed by atoms with Crippen LogP contribution < -0.4 is 5.32 Å². The van der Waals surface area contributed by atoms with E-state index in [0.29, 0.717) is 0 Å². The van der Waals surface area contributed by atoms with Gasteiger partial charge < -0.3 is 25.7 Å². The highest BCUT2D eigenvalue weighted by Crippen LogP contribution is 2.35. The molecular weight excluding hydrogens is 186 g/mol. The molecule has 5 nitrogen and oxygen atoms in total. The fourth-order valence-corrected chi connectivity index (χ4v) is 1.29. The molecule has 0 saturated heterocycles. The maximum absolute atomic E-state index is 9.43. The highest BCUT2D eigenvalue weighted by atomic mass is 16.3. The van der Waals surface area contributed by atoms with Gasteiger partial charge in [-0.05, 0) is 7.05 Å². The Labute approximate surface area is 81.3 Å². The monoisotopic (exact) mass is 199 g/mol. The van der Waals surface area contributed by atoms with Crippen molar-refractivity contribution in [3.05, 3.63) is 17.7 Å². The molecule has 5 N–H and O–H groups in total. The predicted molar refractivity (Wildman–Crippen MR) is 50.3 cm³/mol. The van der Waals surface area contributed by atoms with Crippen LogP contribution in [-0.2, 0) is 0 Å². The van der Waals surface area contributed by atoms with Crippen molar-refractivity contribution < 1.29 is 20.4 Å². The lowest BCUT2D eigenvalue weighted by Gasteiger charge is -2.16. The average Bonchev–Trinajstić information content (AvgIpc) is 2.10. The Hall–Kier alpha value is -1.46. The van der Waals surface area contributed by atoms with Gasteiger partial charge in [0.1, 0.15) is 17.2 Å². The predicted octanol–water partition coefficient (Wildman–Crippen LogP) is 0.0562. The van der Waals surface area contributed by atoms with Crippen molar-refractivity contribution in [1.82, 2.24) is 5.32 Å². The lowest BCUT2D eigenvalue weighted by molar-refractivity contribution is 0.244. The SMILES string of the molecule is CNC(CO)c1c(O)cc(O)cc1O. The van der Waals surface area contributed by atoms with Crippen LogP contribution in [0.5, 0.6) is 17.2 Å². The van der Waals surface area contributed by atoms with Crippen molar-refractivity contribution in [3.63, 3.8) is 0 Å². The fourth-order valence-electron chi connectivity index (χ4n) is 1.29. The third-order valence-electron chi connectivity index (χ3n) is 2.00. The highest BCUT2D eigenvalue weighted by Gasteiger charge is 2.17. The topological polar surface area (TPSA) is 93.0 Å². The van der Waals surface area contributed by atoms with E-state index >= 15 is 0 Å². The highest BCUT2D eigenvalue weighted by molar-refractivity contribution is 5.50. The summed E-state index contributed by atoms with van der Waals surface area (Å²) < 4.78 is 0. The Bertz CT molecular complexity index is 300. The number of phenolic OH excluding ortho intramolecular Hbond substituents is 3. The first-order valence-corrected chi connectivity index (χ1v) is 4.13. The minimum atomic E-state index is -0.560. The lowest BCUT2D eigenvalue weighted by atomic mass is 10.0. The summed E-state index contributed by atoms with van der Waals surface area (Å²) in [5.74, 6) is -0.733. The zero-order valence-electron chi connectivity index (χ0n) is 7.73. The Morgan fingerprint density at radius 2 is 1.71 bits per heavy atom. The molecule has 0 aromatic heterocycles. The van der Waals surface area contributed by atoms with Crippen molar-refractivity contribution in [2.75, 3.05) is 13.7 Å². The van der Waals surface area contributed by atoms with E-state index in [1.807, 2.05) is 0 Å². The summed E-state index contributed by atoms with van der Waals surface area (Å²) in [5, 5.41) is 39.6. The molecule has 1 aromatic carbocycles. The zero-order chi connectivity index (χ0) is 10.7. The van der Waals surface area contributed by atoms with E-state index in [-0.39, 0.29) is 29.4 Å². The molecule has 78 valence electrons. The summed E-state index contributed by atoms with van der Waals surface area (Å²) in [6, 6.07) is 1.65. The van der Waals surface area contributed by atoms with E-state index in [1.54, 1.807) is 7.05 Å². The van der Waals surface area contributed by atoms with Crippen LogP contribution in [0.25, 0.3) is 0 Å². The number of phenols is 3. The molecule has 5 heteroatoms. The molecule has 1 atom stereocenters. The summed E-state index contributed by atoms with van der Waals surface area (Å²) in [6.45, 7) is -0.262. The maximum Gasteiger partial charge on any atom is 0.127 e. The van der Waals surface area contributed by atoms with Crippen LogP contribution in [0.1, 0.15) is 11.6 Å². The molecule has 0 bridgehead atoms. The molecule has 0 fully saturated rings. The molecule has 1 unspecified atom stereocenters. The van der Waals surface area contributed by atoms with E-state index in [1.165, 1.54) is 0 Å². The number of hydrogen-bond donors (Lipinski definition) is 5. The molecule has 0 aliphatic rings. The standard InChI is InChI=1S/C9H13NO4/c1-10-6(4-11)9-7(13)2-5(12)3-8(9)14/h2-3,6,10-14H,4H2,1H3. The molecule has 1 rings (SSSR count). The Kier molecular flexibility index (Phi) is 3.16. The Morgan fingerprint density at radius 3 is 2.07 bits per heavy atom. The van der Waals surface area contributed by atoms with Crippen molar-refractivity contribution in [1.29, 1.82) is 0 Å². The van der Waals surface area contributed by atoms with Gasteiger partial charge in [0.2, 0.25) is 0 Å². The van der Waals surface area contributed by atoms with E-state index in [2.05, 4.69) is 5.32 Å². The van der Waals surface area contributed by atoms with Crippen LogP contribution in [-0.4, -0.2) is 34.1 Å². The van der Waals surface area contributed by atoms with Gasteiger partial charge in [-0.3, -0.25) is 0 Å². The minimum absolute atomic E-state index is 0.174. The van der Waals surface area contributed by atoms with E-state index in [0.717, 1.165) is 12.1 Å². The summed E-state index contributed by atoms with van der Waals surface area (Å²) in [4.78, 5) is 0. The van der Waals surface area contributed by atoms with E-state index < -0.39 is 6.04 Å². The molecule has 1 aromatic rings. The smallest absolute Gasteiger partial charge is 0.127 e. The number of aliphatic hydroxyl groups is 1. The van der Waals surface area contributed by atoms with Gasteiger partial charge in [-0.2, -0.15) is 0 Å². The lowest BCUT2D eigenvalue weighted by Crippen LogP contribution is -2.20. The molecule has 0 aliphatic heterocycles. The van der Waals surface area contributed by atoms with Crippen LogP contribution in [0, 0.1) is 0 Å². The van der Waals surface area contributed by atoms with Gasteiger partial charge >= 0.3 is 0 Å². The summed E-state index contributed by atoms with van der Waals surface area (Å²) in [7, 11) is 1.59. The van der Waals surface area contributed by atoms with Crippen LogP contribution in [0.4, 0.5) is 0 Å². The summed E-state index contributed by atoms with van der Waals surface area (Å²) in [6.07, 6.45) is 0. The third-order valence-corrected chi connectivity index (χ3v) is 2.00. The van der Waals surface area contributed by atoms with Crippen LogP contribution in [0.15, 0.2) is 12.1 Å². The van der Waals surface area contributed by atoms with Crippen LogP contribution in [0.3, 0.4) is 0 Å². The second kappa shape index (κ2) is 4.17. The molecule has 0 radical (unpaired) electrons. The van der Waals surface area contributed by atoms with E-state index in [4.69, 9.17) is 10.2 Å².